The number of thiophene rings is 1. The van der Waals surface area contributed by atoms with Gasteiger partial charge in [-0.05, 0) is 11.4 Å². The summed E-state index contributed by atoms with van der Waals surface area (Å²) in [6.07, 6.45) is 0. The van der Waals surface area contributed by atoms with Gasteiger partial charge in [0.25, 0.3) is 5.91 Å². The van der Waals surface area contributed by atoms with E-state index in [1.807, 2.05) is 0 Å². The predicted octanol–water partition coefficient (Wildman–Crippen LogP) is 0.845. The molecule has 5 nitrogen and oxygen atoms in total. The van der Waals surface area contributed by atoms with E-state index in [0.717, 1.165) is 22.8 Å². The molecule has 2 heterocycles. The summed E-state index contributed by atoms with van der Waals surface area (Å²) >= 11 is 2.89. The minimum Gasteiger partial charge on any atom is -0.354 e. The SMILES string of the molecule is CNC(=O)c1sccc1S(=O)(=O)N1CCSCC1. The fraction of sp³-hybridized carbons (Fsp3) is 0.500. The first-order chi connectivity index (χ1) is 8.57. The van der Waals surface area contributed by atoms with Crippen molar-refractivity contribution < 1.29 is 13.2 Å². The molecule has 0 aromatic carbocycles. The molecule has 0 spiro atoms. The van der Waals surface area contributed by atoms with Gasteiger partial charge >= 0.3 is 0 Å². The first-order valence-electron chi connectivity index (χ1n) is 5.45. The molecule has 2 rings (SSSR count). The summed E-state index contributed by atoms with van der Waals surface area (Å²) in [7, 11) is -2.04. The van der Waals surface area contributed by atoms with E-state index >= 15 is 0 Å². The molecular formula is C10H14N2O3S3. The normalized spacial score (nSPS) is 17.6. The molecule has 0 saturated carbocycles. The molecule has 1 aromatic heterocycles. The summed E-state index contributed by atoms with van der Waals surface area (Å²) < 4.78 is 26.3. The van der Waals surface area contributed by atoms with E-state index in [4.69, 9.17) is 0 Å². The maximum absolute atomic E-state index is 12.4. The van der Waals surface area contributed by atoms with Crippen molar-refractivity contribution in [1.82, 2.24) is 9.62 Å². The zero-order valence-corrected chi connectivity index (χ0v) is 12.3. The Kier molecular flexibility index (Phi) is 4.31. The summed E-state index contributed by atoms with van der Waals surface area (Å²) in [6.45, 7) is 1.02. The number of nitrogens with zero attached hydrogens (tertiary/aromatic N) is 1. The second-order valence-electron chi connectivity index (χ2n) is 3.71. The van der Waals surface area contributed by atoms with Crippen LogP contribution in [-0.2, 0) is 10.0 Å². The summed E-state index contributed by atoms with van der Waals surface area (Å²) in [5, 5.41) is 4.10. The molecule has 1 N–H and O–H groups in total. The molecular weight excluding hydrogens is 292 g/mol. The van der Waals surface area contributed by atoms with Crippen LogP contribution in [0.15, 0.2) is 16.3 Å². The van der Waals surface area contributed by atoms with E-state index in [2.05, 4.69) is 5.32 Å². The summed E-state index contributed by atoms with van der Waals surface area (Å²) in [6, 6.07) is 1.51. The van der Waals surface area contributed by atoms with E-state index in [1.54, 1.807) is 17.1 Å². The maximum Gasteiger partial charge on any atom is 0.262 e. The van der Waals surface area contributed by atoms with Gasteiger partial charge in [-0.15, -0.1) is 11.3 Å². The van der Waals surface area contributed by atoms with E-state index in [0.29, 0.717) is 13.1 Å². The Hall–Kier alpha value is -0.570. The van der Waals surface area contributed by atoms with E-state index < -0.39 is 10.0 Å². The lowest BCUT2D eigenvalue weighted by Crippen LogP contribution is -2.38. The summed E-state index contributed by atoms with van der Waals surface area (Å²) in [4.78, 5) is 12.0. The zero-order chi connectivity index (χ0) is 13.2. The number of hydrogen-bond donors (Lipinski definition) is 1. The van der Waals surface area contributed by atoms with Gasteiger partial charge < -0.3 is 5.32 Å². The number of carbonyl (C=O) groups is 1. The molecule has 1 aliphatic heterocycles. The Bertz CT molecular complexity index is 532. The Balaban J connectivity index is 2.35. The molecule has 8 heteroatoms. The molecule has 0 radical (unpaired) electrons. The molecule has 1 aliphatic rings. The van der Waals surface area contributed by atoms with Crippen molar-refractivity contribution in [2.75, 3.05) is 31.6 Å². The fourth-order valence-electron chi connectivity index (χ4n) is 1.71. The molecule has 0 bridgehead atoms. The van der Waals surface area contributed by atoms with Crippen LogP contribution in [0.1, 0.15) is 9.67 Å². The van der Waals surface area contributed by atoms with Gasteiger partial charge in [-0.3, -0.25) is 4.79 Å². The number of carbonyl (C=O) groups excluding carboxylic acids is 1. The number of hydrogen-bond acceptors (Lipinski definition) is 5. The van der Waals surface area contributed by atoms with Crippen molar-refractivity contribution in [2.45, 2.75) is 4.90 Å². The third-order valence-electron chi connectivity index (χ3n) is 2.65. The first-order valence-corrected chi connectivity index (χ1v) is 8.92. The first kappa shape index (κ1) is 13.9. The number of amides is 1. The van der Waals surface area contributed by atoms with Crippen LogP contribution in [0.3, 0.4) is 0 Å². The standard InChI is InChI=1S/C10H14N2O3S3/c1-11-10(13)9-8(2-5-17-9)18(14,15)12-3-6-16-7-4-12/h2,5H,3-4,6-7H2,1H3,(H,11,13). The molecule has 1 amide bonds. The highest BCUT2D eigenvalue weighted by Gasteiger charge is 2.30. The Morgan fingerprint density at radius 3 is 2.67 bits per heavy atom. The van der Waals surface area contributed by atoms with Crippen molar-refractivity contribution in [3.8, 4) is 0 Å². The van der Waals surface area contributed by atoms with Crippen LogP contribution in [0.5, 0.6) is 0 Å². The molecule has 100 valence electrons. The highest BCUT2D eigenvalue weighted by Crippen LogP contribution is 2.26. The van der Waals surface area contributed by atoms with Crippen molar-refractivity contribution >= 4 is 39.0 Å². The molecule has 18 heavy (non-hydrogen) atoms. The molecule has 1 saturated heterocycles. The topological polar surface area (TPSA) is 66.5 Å². The summed E-state index contributed by atoms with van der Waals surface area (Å²) in [5.74, 6) is 1.26. The van der Waals surface area contributed by atoms with Gasteiger partial charge in [-0.25, -0.2) is 8.42 Å². The quantitative estimate of drug-likeness (QED) is 0.899. The van der Waals surface area contributed by atoms with Crippen molar-refractivity contribution in [1.29, 1.82) is 0 Å². The van der Waals surface area contributed by atoms with Crippen LogP contribution in [0.4, 0.5) is 0 Å². The van der Waals surface area contributed by atoms with Crippen LogP contribution >= 0.6 is 23.1 Å². The molecule has 0 unspecified atom stereocenters. The van der Waals surface area contributed by atoms with Crippen LogP contribution in [0, 0.1) is 0 Å². The lowest BCUT2D eigenvalue weighted by Gasteiger charge is -2.25. The highest BCUT2D eigenvalue weighted by atomic mass is 32.2. The number of sulfonamides is 1. The summed E-state index contributed by atoms with van der Waals surface area (Å²) in [5.41, 5.74) is 0. The van der Waals surface area contributed by atoms with E-state index in [1.165, 1.54) is 17.4 Å². The van der Waals surface area contributed by atoms with Crippen LogP contribution in [-0.4, -0.2) is 50.3 Å². The van der Waals surface area contributed by atoms with Gasteiger partial charge in [-0.1, -0.05) is 0 Å². The predicted molar refractivity (Wildman–Crippen MR) is 73.8 cm³/mol. The largest absolute Gasteiger partial charge is 0.354 e. The van der Waals surface area contributed by atoms with Crippen molar-refractivity contribution in [3.63, 3.8) is 0 Å². The molecule has 1 fully saturated rings. The van der Waals surface area contributed by atoms with Gasteiger partial charge in [-0.2, -0.15) is 16.1 Å². The number of rotatable bonds is 3. The molecule has 1 aromatic rings. The van der Waals surface area contributed by atoms with E-state index in [-0.39, 0.29) is 15.7 Å². The third-order valence-corrected chi connectivity index (χ3v) is 6.58. The van der Waals surface area contributed by atoms with Crippen LogP contribution < -0.4 is 5.32 Å². The van der Waals surface area contributed by atoms with Crippen molar-refractivity contribution in [2.24, 2.45) is 0 Å². The minimum absolute atomic E-state index is 0.124. The second-order valence-corrected chi connectivity index (χ2v) is 7.76. The van der Waals surface area contributed by atoms with Crippen molar-refractivity contribution in [3.05, 3.63) is 16.3 Å². The van der Waals surface area contributed by atoms with Gasteiger partial charge in [0.2, 0.25) is 10.0 Å². The van der Waals surface area contributed by atoms with Gasteiger partial charge in [0.15, 0.2) is 0 Å². The average molecular weight is 306 g/mol. The Morgan fingerprint density at radius 1 is 1.39 bits per heavy atom. The lowest BCUT2D eigenvalue weighted by molar-refractivity contribution is 0.0964. The van der Waals surface area contributed by atoms with Crippen LogP contribution in [0.2, 0.25) is 0 Å². The zero-order valence-electron chi connectivity index (χ0n) is 9.88. The number of thioether (sulfide) groups is 1. The second kappa shape index (κ2) is 5.60. The fourth-order valence-corrected chi connectivity index (χ4v) is 5.63. The minimum atomic E-state index is -3.53. The van der Waals surface area contributed by atoms with Gasteiger partial charge in [0.1, 0.15) is 9.77 Å². The lowest BCUT2D eigenvalue weighted by atomic mass is 10.4. The smallest absolute Gasteiger partial charge is 0.262 e. The van der Waals surface area contributed by atoms with Gasteiger partial charge in [0.05, 0.1) is 0 Å². The monoisotopic (exact) mass is 306 g/mol. The Morgan fingerprint density at radius 2 is 2.06 bits per heavy atom. The maximum atomic E-state index is 12.4. The van der Waals surface area contributed by atoms with Crippen LogP contribution in [0.25, 0.3) is 0 Å². The third kappa shape index (κ3) is 2.56. The average Bonchev–Trinajstić information content (AvgIpc) is 2.89. The van der Waals surface area contributed by atoms with Gasteiger partial charge in [0, 0.05) is 31.6 Å². The van der Waals surface area contributed by atoms with E-state index in [9.17, 15) is 13.2 Å². The Labute approximate surface area is 115 Å². The highest BCUT2D eigenvalue weighted by molar-refractivity contribution is 7.99. The molecule has 0 aliphatic carbocycles. The number of nitrogens with one attached hydrogen (secondary N) is 1. The molecule has 0 atom stereocenters.